The minimum absolute atomic E-state index is 0.00407. The van der Waals surface area contributed by atoms with Gasteiger partial charge in [0.05, 0.1) is 24.2 Å². The number of nitrogens with zero attached hydrogens (tertiary/aromatic N) is 4. The average Bonchev–Trinajstić information content (AvgIpc) is 3.23. The molecule has 3 heterocycles. The van der Waals surface area contributed by atoms with E-state index >= 15 is 0 Å². The van der Waals surface area contributed by atoms with Crippen LogP contribution in [0.5, 0.6) is 5.75 Å². The van der Waals surface area contributed by atoms with Crippen LogP contribution in [0.4, 0.5) is 5.82 Å². The Hall–Kier alpha value is -3.73. The summed E-state index contributed by atoms with van der Waals surface area (Å²) < 4.78 is 7.43. The molecule has 160 valence electrons. The van der Waals surface area contributed by atoms with Gasteiger partial charge in [0.15, 0.2) is 5.82 Å². The summed E-state index contributed by atoms with van der Waals surface area (Å²) >= 11 is 0. The molecular formula is C27H26N4O. The van der Waals surface area contributed by atoms with Gasteiger partial charge in [-0.25, -0.2) is 9.67 Å². The van der Waals surface area contributed by atoms with E-state index in [1.807, 2.05) is 30.5 Å². The van der Waals surface area contributed by atoms with E-state index in [1.54, 1.807) is 7.11 Å². The van der Waals surface area contributed by atoms with Gasteiger partial charge in [0.25, 0.3) is 0 Å². The van der Waals surface area contributed by atoms with E-state index in [4.69, 9.17) is 14.8 Å². The summed E-state index contributed by atoms with van der Waals surface area (Å²) in [5, 5.41) is 5.03. The Balaban J connectivity index is 1.74. The van der Waals surface area contributed by atoms with Crippen molar-refractivity contribution in [3.8, 4) is 16.9 Å². The number of rotatable bonds is 5. The molecule has 1 unspecified atom stereocenters. The molecule has 0 saturated heterocycles. The monoisotopic (exact) mass is 422 g/mol. The number of hydrogen-bond acceptors (Lipinski definition) is 4. The van der Waals surface area contributed by atoms with Gasteiger partial charge < -0.3 is 4.74 Å². The number of hydrogen-bond donors (Lipinski definition) is 0. The van der Waals surface area contributed by atoms with E-state index < -0.39 is 0 Å². The van der Waals surface area contributed by atoms with Crippen LogP contribution >= 0.6 is 0 Å². The van der Waals surface area contributed by atoms with Gasteiger partial charge in [-0.3, -0.25) is 4.98 Å². The minimum atomic E-state index is -0.00407. The number of aliphatic imine (C=N–C) groups is 1. The number of methoxy groups -OCH3 is 1. The van der Waals surface area contributed by atoms with E-state index in [-0.39, 0.29) is 6.04 Å². The zero-order chi connectivity index (χ0) is 22.1. The summed E-state index contributed by atoms with van der Waals surface area (Å²) in [6.45, 7) is 4.28. The van der Waals surface area contributed by atoms with Gasteiger partial charge in [0, 0.05) is 18.2 Å². The Kier molecular flexibility index (Phi) is 5.31. The molecule has 0 aliphatic carbocycles. The van der Waals surface area contributed by atoms with Crippen molar-refractivity contribution in [1.82, 2.24) is 14.8 Å². The predicted octanol–water partition coefficient (Wildman–Crippen LogP) is 5.94. The lowest BCUT2D eigenvalue weighted by Gasteiger charge is -2.25. The van der Waals surface area contributed by atoms with Crippen molar-refractivity contribution in [2.45, 2.75) is 32.7 Å². The van der Waals surface area contributed by atoms with Gasteiger partial charge in [-0.1, -0.05) is 49.4 Å². The minimum Gasteiger partial charge on any atom is -0.497 e. The lowest BCUT2D eigenvalue weighted by Crippen LogP contribution is -2.22. The maximum atomic E-state index is 5.36. The molecule has 5 rings (SSSR count). The highest BCUT2D eigenvalue weighted by Gasteiger charge is 2.31. The van der Waals surface area contributed by atoms with Crippen LogP contribution in [0.25, 0.3) is 11.1 Å². The summed E-state index contributed by atoms with van der Waals surface area (Å²) in [7, 11) is 1.69. The van der Waals surface area contributed by atoms with E-state index in [0.29, 0.717) is 0 Å². The zero-order valence-corrected chi connectivity index (χ0v) is 18.6. The molecule has 0 bridgehead atoms. The molecule has 5 nitrogen and oxygen atoms in total. The van der Waals surface area contributed by atoms with Crippen LogP contribution in [0.1, 0.15) is 41.9 Å². The summed E-state index contributed by atoms with van der Waals surface area (Å²) in [6.07, 6.45) is 3.43. The number of aromatic nitrogens is 3. The molecule has 0 N–H and O–H groups in total. The smallest absolute Gasteiger partial charge is 0.159 e. The number of aryl methyl sites for hydroxylation is 2. The molecule has 32 heavy (non-hydrogen) atoms. The third-order valence-corrected chi connectivity index (χ3v) is 6.08. The average molecular weight is 423 g/mol. The van der Waals surface area contributed by atoms with Gasteiger partial charge in [0.1, 0.15) is 11.8 Å². The number of benzene rings is 2. The summed E-state index contributed by atoms with van der Waals surface area (Å²) in [5.74, 6) is 1.73. The molecular weight excluding hydrogens is 396 g/mol. The molecule has 0 radical (unpaired) electrons. The second kappa shape index (κ2) is 8.42. The fourth-order valence-electron chi connectivity index (χ4n) is 4.41. The number of pyridine rings is 1. The van der Waals surface area contributed by atoms with Gasteiger partial charge in [-0.2, -0.15) is 5.10 Å². The standard InChI is InChI=1S/C27H26N4O/c1-4-22-26(19-12-14-20(32-3)15-13-19)27-29-24(21-10-6-5-9-18(21)2)17-25(31(27)30-22)23-11-7-8-16-28-23/h5-16,25H,4,17H2,1-3H3. The van der Waals surface area contributed by atoms with Crippen LogP contribution in [0, 0.1) is 6.92 Å². The molecule has 0 fully saturated rings. The van der Waals surface area contributed by atoms with Crippen molar-refractivity contribution >= 4 is 11.5 Å². The zero-order valence-electron chi connectivity index (χ0n) is 18.6. The molecule has 0 saturated carbocycles. The second-order valence-corrected chi connectivity index (χ2v) is 8.02. The first kappa shape index (κ1) is 20.2. The fraction of sp³-hybridized carbons (Fsp3) is 0.222. The predicted molar refractivity (Wildman–Crippen MR) is 128 cm³/mol. The van der Waals surface area contributed by atoms with Gasteiger partial charge in [-0.05, 0) is 54.3 Å². The highest BCUT2D eigenvalue weighted by atomic mass is 16.5. The highest BCUT2D eigenvalue weighted by molar-refractivity contribution is 6.05. The largest absolute Gasteiger partial charge is 0.497 e. The Morgan fingerprint density at radius 3 is 2.47 bits per heavy atom. The first-order chi connectivity index (χ1) is 15.7. The van der Waals surface area contributed by atoms with Crippen molar-refractivity contribution in [1.29, 1.82) is 0 Å². The molecule has 4 aromatic rings. The topological polar surface area (TPSA) is 52.3 Å². The normalized spacial score (nSPS) is 15.2. The molecule has 1 atom stereocenters. The molecule has 0 amide bonds. The molecule has 1 aliphatic heterocycles. The maximum Gasteiger partial charge on any atom is 0.159 e. The lowest BCUT2D eigenvalue weighted by molar-refractivity contribution is 0.415. The van der Waals surface area contributed by atoms with Crippen molar-refractivity contribution in [2.24, 2.45) is 4.99 Å². The van der Waals surface area contributed by atoms with Gasteiger partial charge >= 0.3 is 0 Å². The van der Waals surface area contributed by atoms with E-state index in [9.17, 15) is 0 Å². The first-order valence-electron chi connectivity index (χ1n) is 11.0. The van der Waals surface area contributed by atoms with E-state index in [1.165, 1.54) is 11.1 Å². The van der Waals surface area contributed by atoms with Gasteiger partial charge in [0.2, 0.25) is 0 Å². The molecule has 2 aromatic heterocycles. The number of ether oxygens (including phenoxy) is 1. The SMILES string of the molecule is CCc1nn2c(c1-c1ccc(OC)cc1)N=C(c1ccccc1C)CC2c1ccccn1. The lowest BCUT2D eigenvalue weighted by atomic mass is 9.95. The summed E-state index contributed by atoms with van der Waals surface area (Å²) in [6, 6.07) is 22.7. The van der Waals surface area contributed by atoms with E-state index in [2.05, 4.69) is 66.0 Å². The Morgan fingerprint density at radius 1 is 1.00 bits per heavy atom. The van der Waals surface area contributed by atoms with Crippen LogP contribution in [0.15, 0.2) is 77.9 Å². The Morgan fingerprint density at radius 2 is 1.78 bits per heavy atom. The maximum absolute atomic E-state index is 5.36. The quantitative estimate of drug-likeness (QED) is 0.400. The van der Waals surface area contributed by atoms with Crippen LogP contribution < -0.4 is 4.74 Å². The summed E-state index contributed by atoms with van der Waals surface area (Å²) in [5.41, 5.74) is 7.70. The molecule has 2 aromatic carbocycles. The van der Waals surface area contributed by atoms with Crippen LogP contribution in [-0.4, -0.2) is 27.6 Å². The molecule has 5 heteroatoms. The van der Waals surface area contributed by atoms with Crippen molar-refractivity contribution in [3.63, 3.8) is 0 Å². The van der Waals surface area contributed by atoms with E-state index in [0.717, 1.165) is 52.6 Å². The fourth-order valence-corrected chi connectivity index (χ4v) is 4.41. The van der Waals surface area contributed by atoms with Crippen LogP contribution in [0.3, 0.4) is 0 Å². The third-order valence-electron chi connectivity index (χ3n) is 6.08. The third kappa shape index (κ3) is 3.50. The Labute approximate surface area is 188 Å². The van der Waals surface area contributed by atoms with Crippen LogP contribution in [-0.2, 0) is 6.42 Å². The number of fused-ring (bicyclic) bond motifs is 1. The van der Waals surface area contributed by atoms with Crippen molar-refractivity contribution in [3.05, 3.63) is 95.4 Å². The Bertz CT molecular complexity index is 1270. The molecule has 1 aliphatic rings. The van der Waals surface area contributed by atoms with Crippen molar-refractivity contribution in [2.75, 3.05) is 7.11 Å². The van der Waals surface area contributed by atoms with Crippen LogP contribution in [0.2, 0.25) is 0 Å². The van der Waals surface area contributed by atoms with Crippen molar-refractivity contribution < 1.29 is 4.74 Å². The van der Waals surface area contributed by atoms with Gasteiger partial charge in [-0.15, -0.1) is 0 Å². The molecule has 0 spiro atoms. The highest BCUT2D eigenvalue weighted by Crippen LogP contribution is 2.42. The summed E-state index contributed by atoms with van der Waals surface area (Å²) in [4.78, 5) is 9.88. The first-order valence-corrected chi connectivity index (χ1v) is 11.0. The second-order valence-electron chi connectivity index (χ2n) is 8.02.